The Kier molecular flexibility index (Phi) is 6.51. The van der Waals surface area contributed by atoms with E-state index < -0.39 is 11.9 Å². The van der Waals surface area contributed by atoms with Crippen molar-refractivity contribution in [2.75, 3.05) is 26.6 Å². The van der Waals surface area contributed by atoms with Crippen LogP contribution in [0.5, 0.6) is 5.75 Å². The zero-order valence-electron chi connectivity index (χ0n) is 11.5. The highest BCUT2D eigenvalue weighted by atomic mass is 79.9. The highest BCUT2D eigenvalue weighted by molar-refractivity contribution is 9.10. The third kappa shape index (κ3) is 4.37. The number of benzene rings is 1. The Labute approximate surface area is 135 Å². The van der Waals surface area contributed by atoms with E-state index >= 15 is 0 Å². The maximum Gasteiger partial charge on any atom is 0.354 e. The smallest absolute Gasteiger partial charge is 0.354 e. The average molecular weight is 379 g/mol. The van der Waals surface area contributed by atoms with Crippen LogP contribution in [-0.4, -0.2) is 33.3 Å². The van der Waals surface area contributed by atoms with E-state index in [0.717, 1.165) is 6.08 Å². The first kappa shape index (κ1) is 17.3. The van der Waals surface area contributed by atoms with Crippen molar-refractivity contribution in [2.45, 2.75) is 0 Å². The summed E-state index contributed by atoms with van der Waals surface area (Å²) in [5.74, 6) is -0.951. The van der Waals surface area contributed by atoms with Gasteiger partial charge in [-0.3, -0.25) is 0 Å². The van der Waals surface area contributed by atoms with Gasteiger partial charge in [-0.25, -0.2) is 9.59 Å². The highest BCUT2D eigenvalue weighted by Gasteiger charge is 2.17. The van der Waals surface area contributed by atoms with Gasteiger partial charge in [0, 0.05) is 0 Å². The first-order valence-corrected chi connectivity index (χ1v) is 6.78. The number of hydrogen-bond acceptors (Lipinski definition) is 6. The van der Waals surface area contributed by atoms with Crippen LogP contribution in [0, 0.1) is 0 Å². The van der Waals surface area contributed by atoms with Gasteiger partial charge in [0.05, 0.1) is 42.6 Å². The first-order chi connectivity index (χ1) is 9.94. The average Bonchev–Trinajstić information content (AvgIpc) is 2.49. The minimum atomic E-state index is -0.744. The number of rotatable bonds is 5. The molecule has 1 rings (SSSR count). The molecule has 0 amide bonds. The SMILES string of the molecule is COC(=O)/C=C(/Nc1c(Cl)ccc(OC)c1Br)C(=O)OC. The molecule has 0 saturated carbocycles. The van der Waals surface area contributed by atoms with Gasteiger partial charge >= 0.3 is 11.9 Å². The largest absolute Gasteiger partial charge is 0.495 e. The minimum absolute atomic E-state index is 0.125. The molecule has 0 aromatic heterocycles. The van der Waals surface area contributed by atoms with E-state index in [1.54, 1.807) is 12.1 Å². The molecule has 114 valence electrons. The normalized spacial score (nSPS) is 10.8. The van der Waals surface area contributed by atoms with Crippen LogP contribution in [0.2, 0.25) is 5.02 Å². The van der Waals surface area contributed by atoms with Gasteiger partial charge in [-0.1, -0.05) is 11.6 Å². The molecular weight excluding hydrogens is 366 g/mol. The van der Waals surface area contributed by atoms with E-state index in [4.69, 9.17) is 16.3 Å². The molecule has 0 aliphatic heterocycles. The van der Waals surface area contributed by atoms with Gasteiger partial charge in [0.25, 0.3) is 0 Å². The van der Waals surface area contributed by atoms with E-state index in [2.05, 4.69) is 30.7 Å². The minimum Gasteiger partial charge on any atom is -0.495 e. The summed E-state index contributed by atoms with van der Waals surface area (Å²) in [5, 5.41) is 3.05. The van der Waals surface area contributed by atoms with Crippen molar-refractivity contribution in [3.63, 3.8) is 0 Å². The van der Waals surface area contributed by atoms with Crippen LogP contribution >= 0.6 is 27.5 Å². The van der Waals surface area contributed by atoms with Crippen LogP contribution < -0.4 is 10.1 Å². The van der Waals surface area contributed by atoms with Crippen molar-refractivity contribution < 1.29 is 23.8 Å². The maximum absolute atomic E-state index is 11.7. The van der Waals surface area contributed by atoms with Crippen LogP contribution in [0.25, 0.3) is 0 Å². The first-order valence-electron chi connectivity index (χ1n) is 5.61. The lowest BCUT2D eigenvalue weighted by atomic mass is 10.2. The lowest BCUT2D eigenvalue weighted by Gasteiger charge is -2.14. The Morgan fingerprint density at radius 1 is 1.24 bits per heavy atom. The molecule has 0 bridgehead atoms. The number of methoxy groups -OCH3 is 3. The molecule has 0 aliphatic rings. The predicted octanol–water partition coefficient (Wildman–Crippen LogP) is 2.75. The fourth-order valence-corrected chi connectivity index (χ4v) is 2.30. The Bertz CT molecular complexity index is 588. The lowest BCUT2D eigenvalue weighted by molar-refractivity contribution is -0.138. The Morgan fingerprint density at radius 3 is 2.43 bits per heavy atom. The Balaban J connectivity index is 3.24. The Hall–Kier alpha value is -1.73. The lowest BCUT2D eigenvalue weighted by Crippen LogP contribution is -2.16. The van der Waals surface area contributed by atoms with Gasteiger partial charge in [-0.05, 0) is 28.1 Å². The molecule has 0 fully saturated rings. The molecule has 0 heterocycles. The summed E-state index contributed by atoms with van der Waals surface area (Å²) in [4.78, 5) is 23.0. The van der Waals surface area contributed by atoms with Gasteiger partial charge < -0.3 is 19.5 Å². The van der Waals surface area contributed by atoms with Gasteiger partial charge in [0.15, 0.2) is 0 Å². The second kappa shape index (κ2) is 7.90. The molecule has 1 N–H and O–H groups in total. The van der Waals surface area contributed by atoms with Crippen molar-refractivity contribution in [1.82, 2.24) is 0 Å². The molecular formula is C13H13BrClNO5. The summed E-state index contributed by atoms with van der Waals surface area (Å²) in [5.41, 5.74) is 0.233. The zero-order valence-corrected chi connectivity index (χ0v) is 13.9. The number of esters is 2. The molecule has 1 aromatic rings. The quantitative estimate of drug-likeness (QED) is 0.627. The zero-order chi connectivity index (χ0) is 16.0. The van der Waals surface area contributed by atoms with E-state index in [9.17, 15) is 9.59 Å². The van der Waals surface area contributed by atoms with Crippen molar-refractivity contribution in [3.05, 3.63) is 33.4 Å². The summed E-state index contributed by atoms with van der Waals surface area (Å²) in [6.45, 7) is 0. The Morgan fingerprint density at radius 2 is 1.90 bits per heavy atom. The second-order valence-corrected chi connectivity index (χ2v) is 4.84. The molecule has 21 heavy (non-hydrogen) atoms. The van der Waals surface area contributed by atoms with E-state index in [0.29, 0.717) is 20.9 Å². The number of hydrogen-bond donors (Lipinski definition) is 1. The highest BCUT2D eigenvalue weighted by Crippen LogP contribution is 2.38. The molecule has 0 radical (unpaired) electrons. The molecule has 0 saturated heterocycles. The summed E-state index contributed by atoms with van der Waals surface area (Å²) < 4.78 is 14.7. The van der Waals surface area contributed by atoms with Crippen molar-refractivity contribution >= 4 is 45.2 Å². The third-order valence-electron chi connectivity index (χ3n) is 2.40. The van der Waals surface area contributed by atoms with E-state index in [1.807, 2.05) is 0 Å². The fourth-order valence-electron chi connectivity index (χ4n) is 1.37. The van der Waals surface area contributed by atoms with Crippen LogP contribution in [0.15, 0.2) is 28.4 Å². The second-order valence-electron chi connectivity index (χ2n) is 3.64. The standard InChI is InChI=1S/C13H13BrClNO5/c1-19-9-5-4-7(15)12(11(9)14)16-8(13(18)21-3)6-10(17)20-2/h4-6,16H,1-3H3/b8-6+. The molecule has 6 nitrogen and oxygen atoms in total. The molecule has 0 unspecified atom stereocenters. The molecule has 0 spiro atoms. The molecule has 0 atom stereocenters. The number of anilines is 1. The van der Waals surface area contributed by atoms with E-state index in [1.165, 1.54) is 21.3 Å². The van der Waals surface area contributed by atoms with Gasteiger partial charge in [0.1, 0.15) is 11.4 Å². The number of carbonyl (C=O) groups excluding carboxylic acids is 2. The van der Waals surface area contributed by atoms with Gasteiger partial charge in [-0.15, -0.1) is 0 Å². The monoisotopic (exact) mass is 377 g/mol. The number of halogens is 2. The van der Waals surface area contributed by atoms with Crippen molar-refractivity contribution in [3.8, 4) is 5.75 Å². The fraction of sp³-hybridized carbons (Fsp3) is 0.231. The maximum atomic E-state index is 11.7. The molecule has 0 aliphatic carbocycles. The van der Waals surface area contributed by atoms with E-state index in [-0.39, 0.29) is 5.70 Å². The van der Waals surface area contributed by atoms with Crippen LogP contribution in [0.4, 0.5) is 5.69 Å². The summed E-state index contributed by atoms with van der Waals surface area (Å²) in [7, 11) is 3.88. The van der Waals surface area contributed by atoms with Crippen molar-refractivity contribution in [2.24, 2.45) is 0 Å². The summed E-state index contributed by atoms with van der Waals surface area (Å²) in [6, 6.07) is 3.24. The predicted molar refractivity (Wildman–Crippen MR) is 81.4 cm³/mol. The number of ether oxygens (including phenoxy) is 3. The van der Waals surface area contributed by atoms with Crippen LogP contribution in [0.3, 0.4) is 0 Å². The summed E-state index contributed by atoms with van der Waals surface area (Å²) in [6.07, 6.45) is 0.966. The van der Waals surface area contributed by atoms with Gasteiger partial charge in [0.2, 0.25) is 0 Å². The van der Waals surface area contributed by atoms with Crippen LogP contribution in [-0.2, 0) is 19.1 Å². The summed E-state index contributed by atoms with van der Waals surface area (Å²) >= 11 is 9.38. The third-order valence-corrected chi connectivity index (χ3v) is 3.51. The van der Waals surface area contributed by atoms with Crippen molar-refractivity contribution in [1.29, 1.82) is 0 Å². The molecule has 8 heteroatoms. The topological polar surface area (TPSA) is 73.9 Å². The van der Waals surface area contributed by atoms with Crippen LogP contribution in [0.1, 0.15) is 0 Å². The number of nitrogens with one attached hydrogen (secondary N) is 1. The molecule has 1 aromatic carbocycles. The van der Waals surface area contributed by atoms with Gasteiger partial charge in [-0.2, -0.15) is 0 Å². The number of carbonyl (C=O) groups is 2.